The van der Waals surface area contributed by atoms with Crippen LogP contribution in [0.5, 0.6) is 0 Å². The highest BCUT2D eigenvalue weighted by Gasteiger charge is 2.09. The fourth-order valence-corrected chi connectivity index (χ4v) is 1.54. The van der Waals surface area contributed by atoms with Crippen LogP contribution in [0, 0.1) is 0 Å². The average molecular weight is 247 g/mol. The Morgan fingerprint density at radius 2 is 2.22 bits per heavy atom. The van der Waals surface area contributed by atoms with E-state index in [0.717, 1.165) is 5.69 Å². The van der Waals surface area contributed by atoms with E-state index in [1.165, 1.54) is 6.33 Å². The standard InChI is InChI=1S/C12H17N5O/c1-8(2)9-3-12(17-7-16-9)14-5-11(18)10-4-13-6-15-10/h3-4,6-8,11,18H,5H2,1-2H3,(H,13,15)(H,14,16,17)/t11-/m0/s1. The number of aliphatic hydroxyl groups is 1. The summed E-state index contributed by atoms with van der Waals surface area (Å²) in [6.07, 6.45) is 4.04. The first-order valence-corrected chi connectivity index (χ1v) is 5.89. The lowest BCUT2D eigenvalue weighted by atomic mass is 10.1. The summed E-state index contributed by atoms with van der Waals surface area (Å²) in [4.78, 5) is 15.0. The minimum atomic E-state index is -0.634. The van der Waals surface area contributed by atoms with Crippen LogP contribution in [0.15, 0.2) is 24.9 Å². The van der Waals surface area contributed by atoms with Crippen LogP contribution in [0.4, 0.5) is 5.82 Å². The third kappa shape index (κ3) is 3.04. The normalized spacial score (nSPS) is 12.7. The molecule has 2 rings (SSSR count). The molecule has 0 aliphatic heterocycles. The first-order chi connectivity index (χ1) is 8.66. The average Bonchev–Trinajstić information content (AvgIpc) is 2.90. The van der Waals surface area contributed by atoms with Gasteiger partial charge in [-0.3, -0.25) is 0 Å². The van der Waals surface area contributed by atoms with Crippen LogP contribution in [0.1, 0.15) is 37.3 Å². The Hall–Kier alpha value is -1.95. The SMILES string of the molecule is CC(C)c1cc(NC[C@H](O)c2cnc[nH]2)ncn1. The summed E-state index contributed by atoms with van der Waals surface area (Å²) >= 11 is 0. The molecule has 0 aliphatic rings. The number of anilines is 1. The highest BCUT2D eigenvalue weighted by Crippen LogP contribution is 2.15. The van der Waals surface area contributed by atoms with Crippen molar-refractivity contribution in [1.29, 1.82) is 0 Å². The van der Waals surface area contributed by atoms with E-state index in [2.05, 4.69) is 39.1 Å². The molecule has 0 bridgehead atoms. The maximum Gasteiger partial charge on any atom is 0.129 e. The molecule has 0 saturated heterocycles. The third-order valence-electron chi connectivity index (χ3n) is 2.63. The van der Waals surface area contributed by atoms with Gasteiger partial charge in [0.1, 0.15) is 18.2 Å². The molecule has 1 atom stereocenters. The van der Waals surface area contributed by atoms with Crippen LogP contribution in [0.25, 0.3) is 0 Å². The molecule has 6 heteroatoms. The van der Waals surface area contributed by atoms with Crippen LogP contribution in [-0.2, 0) is 0 Å². The van der Waals surface area contributed by atoms with Crippen molar-refractivity contribution in [3.63, 3.8) is 0 Å². The van der Waals surface area contributed by atoms with Crippen molar-refractivity contribution in [3.8, 4) is 0 Å². The van der Waals surface area contributed by atoms with E-state index in [1.54, 1.807) is 12.5 Å². The van der Waals surface area contributed by atoms with E-state index in [9.17, 15) is 5.11 Å². The summed E-state index contributed by atoms with van der Waals surface area (Å²) in [6, 6.07) is 1.89. The van der Waals surface area contributed by atoms with Gasteiger partial charge in [-0.2, -0.15) is 0 Å². The zero-order valence-corrected chi connectivity index (χ0v) is 10.5. The molecule has 96 valence electrons. The maximum absolute atomic E-state index is 9.87. The first kappa shape index (κ1) is 12.5. The predicted octanol–water partition coefficient (Wildman–Crippen LogP) is 1.47. The van der Waals surface area contributed by atoms with Gasteiger partial charge in [0, 0.05) is 18.3 Å². The van der Waals surface area contributed by atoms with Gasteiger partial charge in [0.15, 0.2) is 0 Å². The minimum absolute atomic E-state index is 0.353. The van der Waals surface area contributed by atoms with Crippen LogP contribution in [0.3, 0.4) is 0 Å². The van der Waals surface area contributed by atoms with E-state index >= 15 is 0 Å². The third-order valence-corrected chi connectivity index (χ3v) is 2.63. The van der Waals surface area contributed by atoms with Gasteiger partial charge in [0.2, 0.25) is 0 Å². The van der Waals surface area contributed by atoms with Crippen molar-refractivity contribution in [2.45, 2.75) is 25.9 Å². The van der Waals surface area contributed by atoms with Gasteiger partial charge < -0.3 is 15.4 Å². The Balaban J connectivity index is 1.96. The summed E-state index contributed by atoms with van der Waals surface area (Å²) in [6.45, 7) is 4.52. The van der Waals surface area contributed by atoms with Gasteiger partial charge in [-0.15, -0.1) is 0 Å². The molecule has 2 heterocycles. The molecule has 0 spiro atoms. The Kier molecular flexibility index (Phi) is 3.88. The summed E-state index contributed by atoms with van der Waals surface area (Å²) in [5.74, 6) is 1.07. The second-order valence-corrected chi connectivity index (χ2v) is 4.39. The lowest BCUT2D eigenvalue weighted by molar-refractivity contribution is 0.187. The van der Waals surface area contributed by atoms with E-state index in [1.807, 2.05) is 6.07 Å². The number of rotatable bonds is 5. The van der Waals surface area contributed by atoms with Gasteiger partial charge in [0.05, 0.1) is 18.2 Å². The molecular weight excluding hydrogens is 230 g/mol. The fourth-order valence-electron chi connectivity index (χ4n) is 1.54. The number of aromatic amines is 1. The number of nitrogens with zero attached hydrogens (tertiary/aromatic N) is 3. The number of aliphatic hydroxyl groups excluding tert-OH is 1. The number of hydrogen-bond donors (Lipinski definition) is 3. The fraction of sp³-hybridized carbons (Fsp3) is 0.417. The Bertz CT molecular complexity index is 483. The molecule has 0 unspecified atom stereocenters. The quantitative estimate of drug-likeness (QED) is 0.744. The van der Waals surface area contributed by atoms with Crippen LogP contribution in [-0.4, -0.2) is 31.6 Å². The molecule has 0 fully saturated rings. The zero-order valence-electron chi connectivity index (χ0n) is 10.5. The Morgan fingerprint density at radius 1 is 1.39 bits per heavy atom. The van der Waals surface area contributed by atoms with Crippen LogP contribution in [0.2, 0.25) is 0 Å². The van der Waals surface area contributed by atoms with Crippen molar-refractivity contribution in [3.05, 3.63) is 36.3 Å². The molecule has 2 aromatic rings. The second-order valence-electron chi connectivity index (χ2n) is 4.39. The van der Waals surface area contributed by atoms with Crippen molar-refractivity contribution in [1.82, 2.24) is 19.9 Å². The first-order valence-electron chi connectivity index (χ1n) is 5.89. The molecular formula is C12H17N5O. The predicted molar refractivity (Wildman–Crippen MR) is 68.2 cm³/mol. The monoisotopic (exact) mass is 247 g/mol. The highest BCUT2D eigenvalue weighted by molar-refractivity contribution is 5.35. The summed E-state index contributed by atoms with van der Waals surface area (Å²) in [7, 11) is 0. The molecule has 18 heavy (non-hydrogen) atoms. The minimum Gasteiger partial charge on any atom is -0.385 e. The highest BCUT2D eigenvalue weighted by atomic mass is 16.3. The van der Waals surface area contributed by atoms with E-state index in [0.29, 0.717) is 24.0 Å². The molecule has 0 saturated carbocycles. The lowest BCUT2D eigenvalue weighted by Crippen LogP contribution is -2.13. The van der Waals surface area contributed by atoms with E-state index in [4.69, 9.17) is 0 Å². The van der Waals surface area contributed by atoms with E-state index in [-0.39, 0.29) is 0 Å². The number of imidazole rings is 1. The molecule has 0 amide bonds. The topological polar surface area (TPSA) is 86.7 Å². The summed E-state index contributed by atoms with van der Waals surface area (Å²) in [5, 5.41) is 13.0. The van der Waals surface area contributed by atoms with Crippen molar-refractivity contribution < 1.29 is 5.11 Å². The van der Waals surface area contributed by atoms with Gasteiger partial charge in [0.25, 0.3) is 0 Å². The van der Waals surface area contributed by atoms with Gasteiger partial charge >= 0.3 is 0 Å². The van der Waals surface area contributed by atoms with Gasteiger partial charge in [-0.05, 0) is 5.92 Å². The van der Waals surface area contributed by atoms with Crippen molar-refractivity contribution in [2.24, 2.45) is 0 Å². The van der Waals surface area contributed by atoms with Gasteiger partial charge in [-0.1, -0.05) is 13.8 Å². The molecule has 3 N–H and O–H groups in total. The number of hydrogen-bond acceptors (Lipinski definition) is 5. The molecule has 0 aromatic carbocycles. The second kappa shape index (κ2) is 5.59. The number of aromatic nitrogens is 4. The van der Waals surface area contributed by atoms with E-state index < -0.39 is 6.10 Å². The summed E-state index contributed by atoms with van der Waals surface area (Å²) < 4.78 is 0. The van der Waals surface area contributed by atoms with Crippen LogP contribution >= 0.6 is 0 Å². The van der Waals surface area contributed by atoms with Gasteiger partial charge in [-0.25, -0.2) is 15.0 Å². The largest absolute Gasteiger partial charge is 0.385 e. The Labute approximate surface area is 106 Å². The molecule has 6 nitrogen and oxygen atoms in total. The molecule has 0 aliphatic carbocycles. The van der Waals surface area contributed by atoms with Crippen LogP contribution < -0.4 is 5.32 Å². The number of nitrogens with one attached hydrogen (secondary N) is 2. The summed E-state index contributed by atoms with van der Waals surface area (Å²) in [5.41, 5.74) is 1.66. The number of H-pyrrole nitrogens is 1. The van der Waals surface area contributed by atoms with Crippen molar-refractivity contribution >= 4 is 5.82 Å². The maximum atomic E-state index is 9.87. The zero-order chi connectivity index (χ0) is 13.0. The molecule has 2 aromatic heterocycles. The Morgan fingerprint density at radius 3 is 2.89 bits per heavy atom. The van der Waals surface area contributed by atoms with Crippen molar-refractivity contribution in [2.75, 3.05) is 11.9 Å². The lowest BCUT2D eigenvalue weighted by Gasteiger charge is -2.11. The molecule has 0 radical (unpaired) electrons. The smallest absolute Gasteiger partial charge is 0.129 e.